The van der Waals surface area contributed by atoms with Gasteiger partial charge in [-0.2, -0.15) is 0 Å². The van der Waals surface area contributed by atoms with Gasteiger partial charge >= 0.3 is 0 Å². The van der Waals surface area contributed by atoms with E-state index in [1.165, 1.54) is 0 Å². The Morgan fingerprint density at radius 1 is 1.48 bits per heavy atom. The average Bonchev–Trinajstić information content (AvgIpc) is 3.24. The number of likely N-dealkylation sites (tertiary alicyclic amines) is 1. The van der Waals surface area contributed by atoms with E-state index in [1.807, 2.05) is 31.9 Å². The van der Waals surface area contributed by atoms with Gasteiger partial charge in [0.2, 0.25) is 17.7 Å². The molecule has 23 heavy (non-hydrogen) atoms. The number of nitrogens with one attached hydrogen (secondary N) is 1. The molecule has 3 heterocycles. The smallest absolute Gasteiger partial charge is 0.223 e. The van der Waals surface area contributed by atoms with Crippen LogP contribution in [0.15, 0.2) is 10.6 Å². The number of amides is 1. The number of aromatic amines is 1. The van der Waals surface area contributed by atoms with Gasteiger partial charge in [0.1, 0.15) is 5.82 Å². The molecule has 1 aliphatic rings. The number of hydrogen-bond donors (Lipinski definition) is 1. The summed E-state index contributed by atoms with van der Waals surface area (Å²) in [5.74, 6) is 2.81. The molecule has 1 aliphatic heterocycles. The van der Waals surface area contributed by atoms with E-state index in [-0.39, 0.29) is 11.8 Å². The summed E-state index contributed by atoms with van der Waals surface area (Å²) in [6.45, 7) is 7.51. The monoisotopic (exact) mass is 317 g/mol. The van der Waals surface area contributed by atoms with Gasteiger partial charge in [0.15, 0.2) is 0 Å². The van der Waals surface area contributed by atoms with Gasteiger partial charge in [0.25, 0.3) is 0 Å². The number of aryl methyl sites for hydroxylation is 2. The highest BCUT2D eigenvalue weighted by molar-refractivity contribution is 5.76. The molecule has 0 spiro atoms. The molecule has 1 fully saturated rings. The van der Waals surface area contributed by atoms with Crippen LogP contribution in [-0.4, -0.2) is 44.1 Å². The van der Waals surface area contributed by atoms with Crippen LogP contribution in [0.1, 0.15) is 61.8 Å². The first-order valence-corrected chi connectivity index (χ1v) is 8.14. The van der Waals surface area contributed by atoms with Crippen molar-refractivity contribution in [2.75, 3.05) is 13.1 Å². The molecule has 0 aliphatic carbocycles. The van der Waals surface area contributed by atoms with Crippen molar-refractivity contribution >= 4 is 5.91 Å². The SMILES string of the molecule is Cc1cnc([C@H]2CCN(C(=O)CCc3nnc(C(C)C)o3)C2)[nH]1. The van der Waals surface area contributed by atoms with Crippen molar-refractivity contribution < 1.29 is 9.21 Å². The molecular formula is C16H23N5O2. The Morgan fingerprint density at radius 3 is 2.96 bits per heavy atom. The van der Waals surface area contributed by atoms with Crippen LogP contribution in [0.3, 0.4) is 0 Å². The van der Waals surface area contributed by atoms with Gasteiger partial charge in [0.05, 0.1) is 0 Å². The molecule has 1 amide bonds. The highest BCUT2D eigenvalue weighted by atomic mass is 16.4. The number of imidazole rings is 1. The van der Waals surface area contributed by atoms with E-state index in [0.29, 0.717) is 30.5 Å². The zero-order valence-electron chi connectivity index (χ0n) is 13.9. The minimum Gasteiger partial charge on any atom is -0.425 e. The average molecular weight is 317 g/mol. The van der Waals surface area contributed by atoms with Crippen LogP contribution < -0.4 is 0 Å². The van der Waals surface area contributed by atoms with Gasteiger partial charge in [0, 0.05) is 49.7 Å². The number of hydrogen-bond acceptors (Lipinski definition) is 5. The Labute approximate surface area is 135 Å². The van der Waals surface area contributed by atoms with Crippen LogP contribution in [0.2, 0.25) is 0 Å². The Kier molecular flexibility index (Phi) is 4.45. The molecule has 1 atom stereocenters. The van der Waals surface area contributed by atoms with Crippen molar-refractivity contribution in [2.45, 2.75) is 51.9 Å². The summed E-state index contributed by atoms with van der Waals surface area (Å²) in [5, 5.41) is 7.99. The van der Waals surface area contributed by atoms with Gasteiger partial charge < -0.3 is 14.3 Å². The molecule has 0 unspecified atom stereocenters. The highest BCUT2D eigenvalue weighted by Crippen LogP contribution is 2.25. The molecule has 7 nitrogen and oxygen atoms in total. The quantitative estimate of drug-likeness (QED) is 0.913. The Balaban J connectivity index is 1.51. The summed E-state index contributed by atoms with van der Waals surface area (Å²) < 4.78 is 5.54. The molecule has 0 saturated carbocycles. The van der Waals surface area contributed by atoms with E-state index in [9.17, 15) is 4.79 Å². The molecule has 3 rings (SSSR count). The zero-order valence-corrected chi connectivity index (χ0v) is 13.9. The summed E-state index contributed by atoms with van der Waals surface area (Å²) in [4.78, 5) is 21.9. The predicted octanol–water partition coefficient (Wildman–Crippen LogP) is 2.17. The second-order valence-corrected chi connectivity index (χ2v) is 6.47. The molecule has 0 radical (unpaired) electrons. The summed E-state index contributed by atoms with van der Waals surface area (Å²) in [7, 11) is 0. The lowest BCUT2D eigenvalue weighted by Crippen LogP contribution is -2.28. The molecule has 0 aromatic carbocycles. The van der Waals surface area contributed by atoms with Crippen LogP contribution in [0.4, 0.5) is 0 Å². The molecule has 2 aromatic rings. The summed E-state index contributed by atoms with van der Waals surface area (Å²) in [6.07, 6.45) is 3.70. The van der Waals surface area contributed by atoms with Crippen molar-refractivity contribution in [3.63, 3.8) is 0 Å². The van der Waals surface area contributed by atoms with Gasteiger partial charge in [-0.15, -0.1) is 10.2 Å². The molecule has 1 saturated heterocycles. The lowest BCUT2D eigenvalue weighted by Gasteiger charge is -2.15. The van der Waals surface area contributed by atoms with Crippen LogP contribution in [0, 0.1) is 6.92 Å². The first-order chi connectivity index (χ1) is 11.0. The second-order valence-electron chi connectivity index (χ2n) is 6.47. The Bertz CT molecular complexity index is 676. The third-order valence-electron chi connectivity index (χ3n) is 4.18. The van der Waals surface area contributed by atoms with Crippen molar-refractivity contribution in [3.8, 4) is 0 Å². The first-order valence-electron chi connectivity index (χ1n) is 8.14. The van der Waals surface area contributed by atoms with Crippen LogP contribution in [0.5, 0.6) is 0 Å². The highest BCUT2D eigenvalue weighted by Gasteiger charge is 2.28. The number of nitrogens with zero attached hydrogens (tertiary/aromatic N) is 4. The first kappa shape index (κ1) is 15.7. The van der Waals surface area contributed by atoms with Crippen LogP contribution in [0.25, 0.3) is 0 Å². The van der Waals surface area contributed by atoms with E-state index in [1.54, 1.807) is 0 Å². The Morgan fingerprint density at radius 2 is 2.30 bits per heavy atom. The van der Waals surface area contributed by atoms with Gasteiger partial charge in [-0.25, -0.2) is 4.98 Å². The zero-order chi connectivity index (χ0) is 16.4. The molecule has 1 N–H and O–H groups in total. The fourth-order valence-corrected chi connectivity index (χ4v) is 2.82. The largest absolute Gasteiger partial charge is 0.425 e. The van der Waals surface area contributed by atoms with Crippen molar-refractivity contribution in [3.05, 3.63) is 29.5 Å². The van der Waals surface area contributed by atoms with E-state index < -0.39 is 0 Å². The lowest BCUT2D eigenvalue weighted by atomic mass is 10.1. The fourth-order valence-electron chi connectivity index (χ4n) is 2.82. The maximum absolute atomic E-state index is 12.3. The van der Waals surface area contributed by atoms with E-state index in [0.717, 1.165) is 31.0 Å². The molecule has 7 heteroatoms. The number of carbonyl (C=O) groups is 1. The summed E-state index contributed by atoms with van der Waals surface area (Å²) in [6, 6.07) is 0. The number of carbonyl (C=O) groups excluding carboxylic acids is 1. The van der Waals surface area contributed by atoms with E-state index in [2.05, 4.69) is 20.2 Å². The molecule has 0 bridgehead atoms. The maximum atomic E-state index is 12.3. The van der Waals surface area contributed by atoms with Crippen molar-refractivity contribution in [1.82, 2.24) is 25.1 Å². The standard InChI is InChI=1S/C16H23N5O2/c1-10(2)16-20-19-13(23-16)4-5-14(22)21-7-6-12(9-21)15-17-8-11(3)18-15/h8,10,12H,4-7,9H2,1-3H3,(H,17,18)/t12-/m0/s1. The third kappa shape index (κ3) is 3.60. The van der Waals surface area contributed by atoms with Crippen LogP contribution in [-0.2, 0) is 11.2 Å². The maximum Gasteiger partial charge on any atom is 0.223 e. The van der Waals surface area contributed by atoms with Crippen molar-refractivity contribution in [1.29, 1.82) is 0 Å². The van der Waals surface area contributed by atoms with E-state index in [4.69, 9.17) is 4.42 Å². The van der Waals surface area contributed by atoms with E-state index >= 15 is 0 Å². The summed E-state index contributed by atoms with van der Waals surface area (Å²) >= 11 is 0. The lowest BCUT2D eigenvalue weighted by molar-refractivity contribution is -0.130. The van der Waals surface area contributed by atoms with Gasteiger partial charge in [-0.05, 0) is 13.3 Å². The topological polar surface area (TPSA) is 87.9 Å². The van der Waals surface area contributed by atoms with Gasteiger partial charge in [-0.1, -0.05) is 13.8 Å². The Hall–Kier alpha value is -2.18. The molecular weight excluding hydrogens is 294 g/mol. The molecule has 124 valence electrons. The minimum atomic E-state index is 0.139. The van der Waals surface area contributed by atoms with Crippen LogP contribution >= 0.6 is 0 Å². The third-order valence-corrected chi connectivity index (χ3v) is 4.18. The van der Waals surface area contributed by atoms with Crippen molar-refractivity contribution in [2.24, 2.45) is 0 Å². The second kappa shape index (κ2) is 6.52. The number of H-pyrrole nitrogens is 1. The minimum absolute atomic E-state index is 0.139. The fraction of sp³-hybridized carbons (Fsp3) is 0.625. The molecule has 2 aromatic heterocycles. The normalized spacial score (nSPS) is 18.1. The number of aromatic nitrogens is 4. The van der Waals surface area contributed by atoms with Gasteiger partial charge in [-0.3, -0.25) is 4.79 Å². The number of rotatable bonds is 5. The summed E-state index contributed by atoms with van der Waals surface area (Å²) in [5.41, 5.74) is 1.06. The predicted molar refractivity (Wildman–Crippen MR) is 84.0 cm³/mol.